The largest absolute Gasteiger partial charge is 0.389 e. The molecule has 0 aliphatic rings. The van der Waals surface area contributed by atoms with Crippen molar-refractivity contribution in [3.8, 4) is 0 Å². The van der Waals surface area contributed by atoms with Gasteiger partial charge in [0.1, 0.15) is 0 Å². The summed E-state index contributed by atoms with van der Waals surface area (Å²) in [5.74, 6) is 0. The van der Waals surface area contributed by atoms with E-state index in [0.717, 1.165) is 5.56 Å². The Bertz CT molecular complexity index is 199. The van der Waals surface area contributed by atoms with E-state index in [2.05, 4.69) is 0 Å². The fourth-order valence-corrected chi connectivity index (χ4v) is 0.845. The summed E-state index contributed by atoms with van der Waals surface area (Å²) in [5, 5.41) is 9.11. The minimum atomic E-state index is -0.347. The normalized spacial score (nSPS) is 11.4. The average molecular weight is 166 g/mol. The van der Waals surface area contributed by atoms with E-state index >= 15 is 0 Å². The molecule has 1 atom stereocenters. The smallest absolute Gasteiger partial charge is 0.0761 e. The fraction of sp³-hybridized carbons (Fsp3) is 0.455. The Morgan fingerprint density at radius 3 is 1.83 bits per heavy atom. The maximum Gasteiger partial charge on any atom is 0.0761 e. The Morgan fingerprint density at radius 1 is 1.08 bits per heavy atom. The van der Waals surface area contributed by atoms with E-state index in [0.29, 0.717) is 0 Å². The highest BCUT2D eigenvalue weighted by Gasteiger charge is 1.96. The summed E-state index contributed by atoms with van der Waals surface area (Å²) in [6.07, 6.45) is -0.347. The predicted octanol–water partition coefficient (Wildman–Crippen LogP) is 3.07. The van der Waals surface area contributed by atoms with Gasteiger partial charge in [0, 0.05) is 0 Å². The molecule has 1 nitrogen and oxygen atoms in total. The number of aliphatic hydroxyl groups excluding tert-OH is 1. The zero-order chi connectivity index (χ0) is 9.56. The van der Waals surface area contributed by atoms with Crippen LogP contribution in [0.5, 0.6) is 0 Å². The quantitative estimate of drug-likeness (QED) is 0.679. The molecule has 12 heavy (non-hydrogen) atoms. The van der Waals surface area contributed by atoms with Gasteiger partial charge in [0.25, 0.3) is 0 Å². The van der Waals surface area contributed by atoms with Crippen LogP contribution >= 0.6 is 0 Å². The van der Waals surface area contributed by atoms with Crippen molar-refractivity contribution in [1.82, 2.24) is 0 Å². The van der Waals surface area contributed by atoms with Crippen molar-refractivity contribution < 1.29 is 5.11 Å². The minimum absolute atomic E-state index is 0.347. The maximum absolute atomic E-state index is 9.11. The molecule has 0 aromatic heterocycles. The molecule has 0 spiro atoms. The Balaban J connectivity index is 0.000000561. The monoisotopic (exact) mass is 166 g/mol. The van der Waals surface area contributed by atoms with E-state index in [1.54, 1.807) is 6.92 Å². The molecule has 0 saturated heterocycles. The molecule has 0 fully saturated rings. The van der Waals surface area contributed by atoms with Crippen LogP contribution in [0.25, 0.3) is 0 Å². The summed E-state index contributed by atoms with van der Waals surface area (Å²) in [6, 6.07) is 7.89. The number of aliphatic hydroxyl groups is 1. The van der Waals surface area contributed by atoms with Gasteiger partial charge in [-0.05, 0) is 19.4 Å². The van der Waals surface area contributed by atoms with Crippen LogP contribution in [-0.2, 0) is 0 Å². The van der Waals surface area contributed by atoms with Gasteiger partial charge in [0.05, 0.1) is 6.10 Å². The van der Waals surface area contributed by atoms with Crippen LogP contribution in [0, 0.1) is 6.92 Å². The molecule has 1 unspecified atom stereocenters. The summed E-state index contributed by atoms with van der Waals surface area (Å²) in [7, 11) is 0. The molecular weight excluding hydrogens is 148 g/mol. The van der Waals surface area contributed by atoms with Gasteiger partial charge in [-0.25, -0.2) is 0 Å². The summed E-state index contributed by atoms with van der Waals surface area (Å²) in [6.45, 7) is 7.80. The first-order chi connectivity index (χ1) is 5.70. The lowest BCUT2D eigenvalue weighted by Gasteiger charge is -2.02. The molecule has 1 aromatic rings. The lowest BCUT2D eigenvalue weighted by Crippen LogP contribution is -1.89. The van der Waals surface area contributed by atoms with Gasteiger partial charge in [-0.2, -0.15) is 0 Å². The van der Waals surface area contributed by atoms with E-state index < -0.39 is 0 Å². The predicted molar refractivity (Wildman–Crippen MR) is 53.2 cm³/mol. The Kier molecular flexibility index (Phi) is 5.39. The van der Waals surface area contributed by atoms with Gasteiger partial charge < -0.3 is 5.11 Å². The third-order valence-corrected chi connectivity index (χ3v) is 1.56. The van der Waals surface area contributed by atoms with E-state index in [1.165, 1.54) is 5.56 Å². The standard InChI is InChI=1S/C9H12O.C2H6/c1-7-3-5-9(6-4-7)8(2)10;1-2/h3-6,8,10H,1-2H3;1-2H3. The molecule has 0 aliphatic carbocycles. The van der Waals surface area contributed by atoms with Crippen molar-refractivity contribution >= 4 is 0 Å². The Hall–Kier alpha value is -0.820. The number of rotatable bonds is 1. The molecule has 0 saturated carbocycles. The number of benzene rings is 1. The van der Waals surface area contributed by atoms with Gasteiger partial charge in [0.15, 0.2) is 0 Å². The molecule has 0 aliphatic heterocycles. The highest BCUT2D eigenvalue weighted by Crippen LogP contribution is 2.11. The zero-order valence-electron chi connectivity index (χ0n) is 8.33. The fourth-order valence-electron chi connectivity index (χ4n) is 0.845. The molecule has 1 N–H and O–H groups in total. The Labute approximate surface area is 75.1 Å². The van der Waals surface area contributed by atoms with Crippen molar-refractivity contribution in [2.45, 2.75) is 33.8 Å². The lowest BCUT2D eigenvalue weighted by atomic mass is 10.1. The first kappa shape index (κ1) is 11.2. The average Bonchev–Trinajstić information content (AvgIpc) is 2.09. The van der Waals surface area contributed by atoms with E-state index in [4.69, 9.17) is 5.11 Å². The van der Waals surface area contributed by atoms with Crippen molar-refractivity contribution in [3.05, 3.63) is 35.4 Å². The topological polar surface area (TPSA) is 20.2 Å². The summed E-state index contributed by atoms with van der Waals surface area (Å²) in [4.78, 5) is 0. The van der Waals surface area contributed by atoms with E-state index in [-0.39, 0.29) is 6.10 Å². The van der Waals surface area contributed by atoms with Crippen LogP contribution < -0.4 is 0 Å². The maximum atomic E-state index is 9.11. The third-order valence-electron chi connectivity index (χ3n) is 1.56. The number of aryl methyl sites for hydroxylation is 1. The van der Waals surface area contributed by atoms with Crippen LogP contribution in [0.4, 0.5) is 0 Å². The molecule has 0 amide bonds. The second kappa shape index (κ2) is 5.78. The van der Waals surface area contributed by atoms with Crippen LogP contribution in [0.3, 0.4) is 0 Å². The SMILES string of the molecule is CC.Cc1ccc(C(C)O)cc1. The minimum Gasteiger partial charge on any atom is -0.389 e. The van der Waals surface area contributed by atoms with Crippen molar-refractivity contribution in [1.29, 1.82) is 0 Å². The molecule has 1 rings (SSSR count). The van der Waals surface area contributed by atoms with E-state index in [1.807, 2.05) is 45.0 Å². The molecule has 0 bridgehead atoms. The highest BCUT2D eigenvalue weighted by atomic mass is 16.3. The Morgan fingerprint density at radius 2 is 1.50 bits per heavy atom. The molecule has 0 radical (unpaired) electrons. The van der Waals surface area contributed by atoms with Gasteiger partial charge in [-0.1, -0.05) is 43.7 Å². The van der Waals surface area contributed by atoms with Crippen molar-refractivity contribution in [3.63, 3.8) is 0 Å². The van der Waals surface area contributed by atoms with Crippen LogP contribution in [0.2, 0.25) is 0 Å². The van der Waals surface area contributed by atoms with Crippen LogP contribution in [-0.4, -0.2) is 5.11 Å². The summed E-state index contributed by atoms with van der Waals surface area (Å²) in [5.41, 5.74) is 2.20. The second-order valence-electron chi connectivity index (χ2n) is 2.59. The first-order valence-corrected chi connectivity index (χ1v) is 4.45. The second-order valence-corrected chi connectivity index (χ2v) is 2.59. The van der Waals surface area contributed by atoms with Crippen molar-refractivity contribution in [2.75, 3.05) is 0 Å². The summed E-state index contributed by atoms with van der Waals surface area (Å²) >= 11 is 0. The molecule has 0 heterocycles. The van der Waals surface area contributed by atoms with Crippen molar-refractivity contribution in [2.24, 2.45) is 0 Å². The van der Waals surface area contributed by atoms with E-state index in [9.17, 15) is 0 Å². The van der Waals surface area contributed by atoms with Crippen LogP contribution in [0.15, 0.2) is 24.3 Å². The summed E-state index contributed by atoms with van der Waals surface area (Å²) < 4.78 is 0. The lowest BCUT2D eigenvalue weighted by molar-refractivity contribution is 0.199. The third kappa shape index (κ3) is 3.54. The van der Waals surface area contributed by atoms with Gasteiger partial charge in [-0.3, -0.25) is 0 Å². The zero-order valence-corrected chi connectivity index (χ0v) is 8.33. The van der Waals surface area contributed by atoms with Crippen LogP contribution in [0.1, 0.15) is 38.0 Å². The van der Waals surface area contributed by atoms with Gasteiger partial charge in [-0.15, -0.1) is 0 Å². The highest BCUT2D eigenvalue weighted by molar-refractivity contribution is 5.22. The molecular formula is C11H18O. The van der Waals surface area contributed by atoms with Gasteiger partial charge in [0.2, 0.25) is 0 Å². The van der Waals surface area contributed by atoms with Gasteiger partial charge >= 0.3 is 0 Å². The molecule has 68 valence electrons. The first-order valence-electron chi connectivity index (χ1n) is 4.45. The molecule has 1 heteroatoms. The number of hydrogen-bond acceptors (Lipinski definition) is 1. The molecule has 1 aromatic carbocycles. The number of hydrogen-bond donors (Lipinski definition) is 1.